The van der Waals surface area contributed by atoms with Crippen LogP contribution in [0, 0.1) is 5.92 Å². The number of nitrogens with one attached hydrogen (secondary N) is 1. The molecule has 2 aromatic rings. The van der Waals surface area contributed by atoms with E-state index in [-0.39, 0.29) is 11.8 Å². The number of ether oxygens (including phenoxy) is 2. The molecule has 28 heavy (non-hydrogen) atoms. The normalized spacial score (nSPS) is 16.2. The molecule has 0 bridgehead atoms. The van der Waals surface area contributed by atoms with Crippen LogP contribution < -0.4 is 19.7 Å². The van der Waals surface area contributed by atoms with Gasteiger partial charge >= 0.3 is 0 Å². The van der Waals surface area contributed by atoms with Gasteiger partial charge in [0.25, 0.3) is 0 Å². The Morgan fingerprint density at radius 1 is 1.07 bits per heavy atom. The van der Waals surface area contributed by atoms with Crippen LogP contribution in [0.15, 0.2) is 42.5 Å². The van der Waals surface area contributed by atoms with E-state index in [2.05, 4.69) is 12.2 Å². The Labute approximate surface area is 165 Å². The number of hydrogen-bond donors (Lipinski definition) is 1. The molecule has 1 N–H and O–H groups in total. The lowest BCUT2D eigenvalue weighted by molar-refractivity contribution is -0.132. The van der Waals surface area contributed by atoms with Crippen molar-refractivity contribution in [2.75, 3.05) is 25.7 Å². The molecule has 0 spiro atoms. The summed E-state index contributed by atoms with van der Waals surface area (Å²) in [6.07, 6.45) is 1.47. The van der Waals surface area contributed by atoms with Crippen LogP contribution in [0.25, 0.3) is 0 Å². The molecule has 6 heteroatoms. The number of hydrogen-bond acceptors (Lipinski definition) is 4. The minimum absolute atomic E-state index is 0.144. The fourth-order valence-electron chi connectivity index (χ4n) is 3.39. The highest BCUT2D eigenvalue weighted by Gasteiger charge is 2.37. The van der Waals surface area contributed by atoms with Crippen LogP contribution in [0.3, 0.4) is 0 Å². The van der Waals surface area contributed by atoms with Crippen LogP contribution in [0.5, 0.6) is 11.5 Å². The third-order valence-electron chi connectivity index (χ3n) is 5.09. The van der Waals surface area contributed by atoms with E-state index in [1.807, 2.05) is 36.4 Å². The molecule has 0 unspecified atom stereocenters. The number of anilines is 1. The third-order valence-corrected chi connectivity index (χ3v) is 5.09. The number of carbonyl (C=O) groups is 2. The van der Waals surface area contributed by atoms with Gasteiger partial charge in [0.2, 0.25) is 11.8 Å². The van der Waals surface area contributed by atoms with Crippen LogP contribution in [0.4, 0.5) is 5.69 Å². The smallest absolute Gasteiger partial charge is 0.239 e. The number of nitrogens with zero attached hydrogens (tertiary/aromatic N) is 1. The van der Waals surface area contributed by atoms with Crippen LogP contribution in [0.1, 0.15) is 24.5 Å². The topological polar surface area (TPSA) is 67.9 Å². The van der Waals surface area contributed by atoms with Gasteiger partial charge in [-0.25, -0.2) is 0 Å². The molecule has 0 saturated carbocycles. The van der Waals surface area contributed by atoms with Crippen LogP contribution >= 0.6 is 0 Å². The predicted molar refractivity (Wildman–Crippen MR) is 108 cm³/mol. The summed E-state index contributed by atoms with van der Waals surface area (Å²) in [5.41, 5.74) is 2.94. The van der Waals surface area contributed by atoms with E-state index in [1.165, 1.54) is 5.56 Å². The van der Waals surface area contributed by atoms with E-state index in [0.29, 0.717) is 31.0 Å². The predicted octanol–water partition coefficient (Wildman–Crippen LogP) is 2.94. The zero-order chi connectivity index (χ0) is 20.1. The van der Waals surface area contributed by atoms with E-state index < -0.39 is 5.92 Å². The average Bonchev–Trinajstić information content (AvgIpc) is 3.13. The highest BCUT2D eigenvalue weighted by atomic mass is 16.5. The van der Waals surface area contributed by atoms with Gasteiger partial charge in [0.05, 0.1) is 14.2 Å². The number of amides is 2. The summed E-state index contributed by atoms with van der Waals surface area (Å²) in [6.45, 7) is 2.97. The summed E-state index contributed by atoms with van der Waals surface area (Å²) in [6, 6.07) is 13.4. The second-order valence-corrected chi connectivity index (χ2v) is 6.76. The van der Waals surface area contributed by atoms with Crippen LogP contribution in [-0.2, 0) is 22.6 Å². The maximum atomic E-state index is 12.7. The van der Waals surface area contributed by atoms with Gasteiger partial charge in [-0.15, -0.1) is 0 Å². The van der Waals surface area contributed by atoms with E-state index in [1.54, 1.807) is 25.2 Å². The van der Waals surface area contributed by atoms with E-state index in [9.17, 15) is 9.59 Å². The Morgan fingerprint density at radius 3 is 2.39 bits per heavy atom. The van der Waals surface area contributed by atoms with Crippen LogP contribution in [-0.4, -0.2) is 32.6 Å². The number of methoxy groups -OCH3 is 2. The first-order valence-electron chi connectivity index (χ1n) is 9.46. The van der Waals surface area contributed by atoms with Crippen LogP contribution in [0.2, 0.25) is 0 Å². The summed E-state index contributed by atoms with van der Waals surface area (Å²) in [4.78, 5) is 27.0. The second kappa shape index (κ2) is 8.78. The zero-order valence-corrected chi connectivity index (χ0v) is 16.5. The first-order valence-corrected chi connectivity index (χ1v) is 9.46. The lowest BCUT2D eigenvalue weighted by Crippen LogP contribution is -2.36. The Hall–Kier alpha value is -3.02. The molecule has 148 valence electrons. The minimum Gasteiger partial charge on any atom is -0.493 e. The van der Waals surface area contributed by atoms with Gasteiger partial charge in [0, 0.05) is 18.8 Å². The van der Waals surface area contributed by atoms with Crippen molar-refractivity contribution in [3.63, 3.8) is 0 Å². The highest BCUT2D eigenvalue weighted by Crippen LogP contribution is 2.28. The molecule has 6 nitrogen and oxygen atoms in total. The maximum Gasteiger partial charge on any atom is 0.239 e. The van der Waals surface area contributed by atoms with Crippen molar-refractivity contribution in [2.45, 2.75) is 26.3 Å². The summed E-state index contributed by atoms with van der Waals surface area (Å²) < 4.78 is 10.5. The van der Waals surface area contributed by atoms with Gasteiger partial charge < -0.3 is 19.7 Å². The number of rotatable bonds is 7. The van der Waals surface area contributed by atoms with Crippen molar-refractivity contribution in [3.8, 4) is 11.5 Å². The second-order valence-electron chi connectivity index (χ2n) is 6.76. The Balaban J connectivity index is 1.61. The third kappa shape index (κ3) is 4.11. The monoisotopic (exact) mass is 382 g/mol. The maximum absolute atomic E-state index is 12.7. The zero-order valence-electron chi connectivity index (χ0n) is 16.5. The summed E-state index contributed by atoms with van der Waals surface area (Å²) in [5, 5.41) is 2.87. The van der Waals surface area contributed by atoms with Gasteiger partial charge in [-0.05, 0) is 48.2 Å². The van der Waals surface area contributed by atoms with Gasteiger partial charge in [0.15, 0.2) is 11.5 Å². The Kier molecular flexibility index (Phi) is 6.19. The standard InChI is InChI=1S/C22H26N2O4/c1-4-15-5-8-17(9-6-15)24-12-11-18(22(24)26)21(25)23-14-16-7-10-19(27-2)20(13-16)28-3/h5-10,13,18H,4,11-12,14H2,1-3H3,(H,23,25)/t18-/m1/s1. The van der Waals surface area contributed by atoms with Gasteiger partial charge in [-0.2, -0.15) is 0 Å². The van der Waals surface area contributed by atoms with Crippen molar-refractivity contribution in [2.24, 2.45) is 5.92 Å². The number of aryl methyl sites for hydroxylation is 1. The summed E-state index contributed by atoms with van der Waals surface area (Å²) >= 11 is 0. The SMILES string of the molecule is CCc1ccc(N2CC[C@H](C(=O)NCc3ccc(OC)c(OC)c3)C2=O)cc1. The fraction of sp³-hybridized carbons (Fsp3) is 0.364. The number of benzene rings is 2. The van der Waals surface area contributed by atoms with Crippen molar-refractivity contribution in [3.05, 3.63) is 53.6 Å². The molecule has 1 atom stereocenters. The molecule has 1 aliphatic heterocycles. The quantitative estimate of drug-likeness (QED) is 0.748. The molecular formula is C22H26N2O4. The van der Waals surface area contributed by atoms with Gasteiger partial charge in [0.1, 0.15) is 5.92 Å². The van der Waals surface area contributed by atoms with Gasteiger partial charge in [-0.1, -0.05) is 25.1 Å². The molecule has 1 aliphatic rings. The first-order chi connectivity index (χ1) is 13.6. The molecule has 1 fully saturated rings. The minimum atomic E-state index is -0.647. The van der Waals surface area contributed by atoms with E-state index >= 15 is 0 Å². The van der Waals surface area contributed by atoms with E-state index in [0.717, 1.165) is 17.7 Å². The molecule has 1 heterocycles. The Morgan fingerprint density at radius 2 is 1.75 bits per heavy atom. The van der Waals surface area contributed by atoms with Gasteiger partial charge in [-0.3, -0.25) is 9.59 Å². The van der Waals surface area contributed by atoms with Crippen molar-refractivity contribution in [1.82, 2.24) is 5.32 Å². The van der Waals surface area contributed by atoms with Crippen molar-refractivity contribution in [1.29, 1.82) is 0 Å². The summed E-state index contributed by atoms with van der Waals surface area (Å²) in [7, 11) is 3.14. The summed E-state index contributed by atoms with van der Waals surface area (Å²) in [5.74, 6) is 0.202. The fourth-order valence-corrected chi connectivity index (χ4v) is 3.39. The molecule has 2 amide bonds. The van der Waals surface area contributed by atoms with Crippen molar-refractivity contribution >= 4 is 17.5 Å². The van der Waals surface area contributed by atoms with Crippen molar-refractivity contribution < 1.29 is 19.1 Å². The van der Waals surface area contributed by atoms with E-state index in [4.69, 9.17) is 9.47 Å². The molecule has 3 rings (SSSR count). The molecule has 0 radical (unpaired) electrons. The lowest BCUT2D eigenvalue weighted by Gasteiger charge is -2.17. The lowest BCUT2D eigenvalue weighted by atomic mass is 10.1. The molecule has 2 aromatic carbocycles. The molecular weight excluding hydrogens is 356 g/mol. The molecule has 1 saturated heterocycles. The highest BCUT2D eigenvalue weighted by molar-refractivity contribution is 6.09. The average molecular weight is 382 g/mol. The molecule has 0 aromatic heterocycles. The number of carbonyl (C=O) groups excluding carboxylic acids is 2. The largest absolute Gasteiger partial charge is 0.493 e. The molecule has 0 aliphatic carbocycles. The Bertz CT molecular complexity index is 848. The first kappa shape index (κ1) is 19.7.